The fourth-order valence-electron chi connectivity index (χ4n) is 3.95. The van der Waals surface area contributed by atoms with Crippen LogP contribution in [0.1, 0.15) is 55.4 Å². The molecule has 2 N–H and O–H groups in total. The van der Waals surface area contributed by atoms with Gasteiger partial charge in [-0.25, -0.2) is 0 Å². The summed E-state index contributed by atoms with van der Waals surface area (Å²) in [6.45, 7) is 3.79. The number of H-pyrrole nitrogens is 1. The molecule has 2 aromatic carbocycles. The second-order valence-corrected chi connectivity index (χ2v) is 7.56. The molecule has 3 aromatic rings. The Kier molecular flexibility index (Phi) is 4.89. The first-order chi connectivity index (χ1) is 13.9. The molecule has 0 unspecified atom stereocenters. The number of aromatic nitrogens is 1. The molecule has 146 valence electrons. The van der Waals surface area contributed by atoms with Gasteiger partial charge in [0.15, 0.2) is 5.78 Å². The summed E-state index contributed by atoms with van der Waals surface area (Å²) in [5.74, 6) is -0.539. The van der Waals surface area contributed by atoms with Crippen LogP contribution < -0.4 is 10.9 Å². The number of aryl methyl sites for hydroxylation is 2. The summed E-state index contributed by atoms with van der Waals surface area (Å²) < 4.78 is 0. The van der Waals surface area contributed by atoms with Gasteiger partial charge in [-0.15, -0.1) is 0 Å². The summed E-state index contributed by atoms with van der Waals surface area (Å²) in [5, 5.41) is 2.82. The number of nitrogens with one attached hydrogen (secondary N) is 2. The molecular weight excluding hydrogens is 364 g/mol. The van der Waals surface area contributed by atoms with Crippen LogP contribution in [0.5, 0.6) is 0 Å². The number of Topliss-reactive ketones (excluding diaryl/α,β-unsaturated/α-hetero) is 1. The third-order valence-corrected chi connectivity index (χ3v) is 5.54. The molecule has 0 saturated heterocycles. The standard InChI is InChI=1S/C24H22N2O3/c1-14-7-6-8-15(2)22(14)26-24(29)19-13-18-20(25-23(19)28)11-17(12-21(18)27)16-9-4-3-5-10-16/h3-10,13,17H,11-12H2,1-2H3,(H,25,28)(H,26,29)/t17-/m0/s1. The number of rotatable bonds is 3. The van der Waals surface area contributed by atoms with Crippen molar-refractivity contribution in [3.63, 3.8) is 0 Å². The van der Waals surface area contributed by atoms with Crippen molar-refractivity contribution in [2.45, 2.75) is 32.6 Å². The van der Waals surface area contributed by atoms with Gasteiger partial charge in [0.25, 0.3) is 11.5 Å². The number of hydrogen-bond acceptors (Lipinski definition) is 3. The molecule has 1 atom stereocenters. The fourth-order valence-corrected chi connectivity index (χ4v) is 3.95. The Morgan fingerprint density at radius 1 is 0.966 bits per heavy atom. The number of aromatic amines is 1. The van der Waals surface area contributed by atoms with E-state index in [0.29, 0.717) is 29.8 Å². The normalized spacial score (nSPS) is 15.7. The Bertz CT molecular complexity index is 1140. The van der Waals surface area contributed by atoms with Crippen LogP contribution in [0, 0.1) is 13.8 Å². The molecule has 0 fully saturated rings. The van der Waals surface area contributed by atoms with E-state index in [-0.39, 0.29) is 17.3 Å². The Labute approximate surface area is 168 Å². The van der Waals surface area contributed by atoms with E-state index in [4.69, 9.17) is 0 Å². The van der Waals surface area contributed by atoms with Crippen molar-refractivity contribution in [2.75, 3.05) is 5.32 Å². The van der Waals surface area contributed by atoms with Gasteiger partial charge in [0.2, 0.25) is 0 Å². The molecule has 4 rings (SSSR count). The average molecular weight is 386 g/mol. The van der Waals surface area contributed by atoms with E-state index in [1.807, 2.05) is 62.4 Å². The van der Waals surface area contributed by atoms with E-state index in [2.05, 4.69) is 10.3 Å². The summed E-state index contributed by atoms with van der Waals surface area (Å²) >= 11 is 0. The smallest absolute Gasteiger partial charge is 0.261 e. The van der Waals surface area contributed by atoms with Gasteiger partial charge < -0.3 is 10.3 Å². The molecule has 1 heterocycles. The number of anilines is 1. The predicted molar refractivity (Wildman–Crippen MR) is 113 cm³/mol. The lowest BCUT2D eigenvalue weighted by molar-refractivity contribution is 0.0963. The molecule has 5 nitrogen and oxygen atoms in total. The monoisotopic (exact) mass is 386 g/mol. The van der Waals surface area contributed by atoms with Crippen LogP contribution in [-0.2, 0) is 6.42 Å². The molecule has 0 aliphatic heterocycles. The first-order valence-corrected chi connectivity index (χ1v) is 9.66. The minimum absolute atomic E-state index is 0.0288. The van der Waals surface area contributed by atoms with E-state index in [1.165, 1.54) is 6.07 Å². The van der Waals surface area contributed by atoms with E-state index in [0.717, 1.165) is 16.7 Å². The van der Waals surface area contributed by atoms with Crippen molar-refractivity contribution in [1.29, 1.82) is 0 Å². The average Bonchev–Trinajstić information content (AvgIpc) is 2.71. The van der Waals surface area contributed by atoms with Gasteiger partial charge in [0.05, 0.1) is 0 Å². The topological polar surface area (TPSA) is 79.0 Å². The SMILES string of the molecule is Cc1cccc(C)c1NC(=O)c1cc2c([nH]c1=O)C[C@H](c1ccccc1)CC2=O. The molecule has 1 aromatic heterocycles. The second kappa shape index (κ2) is 7.51. The Hall–Kier alpha value is -3.47. The van der Waals surface area contributed by atoms with Crippen LogP contribution in [0.4, 0.5) is 5.69 Å². The summed E-state index contributed by atoms with van der Waals surface area (Å²) in [4.78, 5) is 40.9. The third-order valence-electron chi connectivity index (χ3n) is 5.54. The van der Waals surface area contributed by atoms with Gasteiger partial charge in [-0.3, -0.25) is 14.4 Å². The highest BCUT2D eigenvalue weighted by molar-refractivity contribution is 6.07. The summed E-state index contributed by atoms with van der Waals surface area (Å²) in [6, 6.07) is 17.0. The predicted octanol–water partition coefficient (Wildman–Crippen LogP) is 4.16. The van der Waals surface area contributed by atoms with Gasteiger partial charge in [0.1, 0.15) is 5.56 Å². The number of pyridine rings is 1. The number of para-hydroxylation sites is 1. The highest BCUT2D eigenvalue weighted by Crippen LogP contribution is 2.31. The van der Waals surface area contributed by atoms with Gasteiger partial charge in [-0.2, -0.15) is 0 Å². The number of amides is 1. The van der Waals surface area contributed by atoms with Crippen LogP contribution in [0.25, 0.3) is 0 Å². The fraction of sp³-hybridized carbons (Fsp3) is 0.208. The molecule has 1 aliphatic rings. The minimum Gasteiger partial charge on any atom is -0.325 e. The number of carbonyl (C=O) groups excluding carboxylic acids is 2. The summed E-state index contributed by atoms with van der Waals surface area (Å²) in [7, 11) is 0. The van der Waals surface area contributed by atoms with E-state index in [1.54, 1.807) is 0 Å². The number of carbonyl (C=O) groups is 2. The first-order valence-electron chi connectivity index (χ1n) is 9.66. The molecular formula is C24H22N2O3. The van der Waals surface area contributed by atoms with Crippen molar-refractivity contribution in [3.05, 3.63) is 98.5 Å². The largest absolute Gasteiger partial charge is 0.325 e. The van der Waals surface area contributed by atoms with Gasteiger partial charge >= 0.3 is 0 Å². The molecule has 29 heavy (non-hydrogen) atoms. The van der Waals surface area contributed by atoms with Crippen molar-refractivity contribution in [1.82, 2.24) is 4.98 Å². The van der Waals surface area contributed by atoms with Crippen LogP contribution in [0.15, 0.2) is 59.4 Å². The lowest BCUT2D eigenvalue weighted by Gasteiger charge is -2.24. The van der Waals surface area contributed by atoms with Crippen LogP contribution >= 0.6 is 0 Å². The first kappa shape index (κ1) is 18.9. The van der Waals surface area contributed by atoms with E-state index < -0.39 is 11.5 Å². The molecule has 0 saturated carbocycles. The number of fused-ring (bicyclic) bond motifs is 1. The number of ketones is 1. The molecule has 0 bridgehead atoms. The van der Waals surface area contributed by atoms with Crippen molar-refractivity contribution >= 4 is 17.4 Å². The van der Waals surface area contributed by atoms with Crippen LogP contribution in [-0.4, -0.2) is 16.7 Å². The Morgan fingerprint density at radius 3 is 2.34 bits per heavy atom. The third kappa shape index (κ3) is 3.63. The molecule has 1 amide bonds. The number of hydrogen-bond donors (Lipinski definition) is 2. The van der Waals surface area contributed by atoms with Crippen LogP contribution in [0.2, 0.25) is 0 Å². The lowest BCUT2D eigenvalue weighted by Crippen LogP contribution is -2.29. The highest BCUT2D eigenvalue weighted by Gasteiger charge is 2.28. The minimum atomic E-state index is -0.510. The second-order valence-electron chi connectivity index (χ2n) is 7.56. The molecule has 1 aliphatic carbocycles. The Balaban J connectivity index is 1.65. The molecule has 0 radical (unpaired) electrons. The van der Waals surface area contributed by atoms with Crippen molar-refractivity contribution in [3.8, 4) is 0 Å². The van der Waals surface area contributed by atoms with Gasteiger partial charge in [-0.05, 0) is 48.9 Å². The molecule has 0 spiro atoms. The zero-order valence-corrected chi connectivity index (χ0v) is 16.4. The number of benzene rings is 2. The van der Waals surface area contributed by atoms with E-state index >= 15 is 0 Å². The van der Waals surface area contributed by atoms with Crippen LogP contribution in [0.3, 0.4) is 0 Å². The maximum atomic E-state index is 12.8. The van der Waals surface area contributed by atoms with Crippen molar-refractivity contribution in [2.24, 2.45) is 0 Å². The van der Waals surface area contributed by atoms with Crippen molar-refractivity contribution < 1.29 is 9.59 Å². The van der Waals surface area contributed by atoms with Gasteiger partial charge in [0, 0.05) is 23.4 Å². The zero-order chi connectivity index (χ0) is 20.5. The molecule has 5 heteroatoms. The van der Waals surface area contributed by atoms with Gasteiger partial charge in [-0.1, -0.05) is 48.5 Å². The summed E-state index contributed by atoms with van der Waals surface area (Å²) in [6.07, 6.45) is 0.931. The maximum Gasteiger partial charge on any atom is 0.261 e. The van der Waals surface area contributed by atoms with E-state index in [9.17, 15) is 14.4 Å². The Morgan fingerprint density at radius 2 is 1.66 bits per heavy atom. The highest BCUT2D eigenvalue weighted by atomic mass is 16.2. The zero-order valence-electron chi connectivity index (χ0n) is 16.4. The summed E-state index contributed by atoms with van der Waals surface area (Å²) in [5.41, 5.74) is 4.09. The lowest BCUT2D eigenvalue weighted by atomic mass is 9.81. The quantitative estimate of drug-likeness (QED) is 0.709. The maximum absolute atomic E-state index is 12.8.